The van der Waals surface area contributed by atoms with Crippen molar-refractivity contribution in [3.63, 3.8) is 0 Å². The summed E-state index contributed by atoms with van der Waals surface area (Å²) in [5.74, 6) is 0. The van der Waals surface area contributed by atoms with Crippen LogP contribution in [-0.4, -0.2) is 40.5 Å². The van der Waals surface area contributed by atoms with E-state index in [9.17, 15) is 0 Å². The fourth-order valence-electron chi connectivity index (χ4n) is 2.64. The van der Waals surface area contributed by atoms with Gasteiger partial charge >= 0.3 is 0 Å². The molecule has 1 unspecified atom stereocenters. The molecule has 1 N–H and O–H groups in total. The molecule has 4 nitrogen and oxygen atoms in total. The largest absolute Gasteiger partial charge is 0.315 e. The summed E-state index contributed by atoms with van der Waals surface area (Å²) >= 11 is 1.68. The SMILES string of the molecule is CCN(Cc1csc(-c2ccccn2)n1)C1CCNC1. The summed E-state index contributed by atoms with van der Waals surface area (Å²) in [6, 6.07) is 6.61. The highest BCUT2D eigenvalue weighted by atomic mass is 32.1. The highest BCUT2D eigenvalue weighted by Gasteiger charge is 2.21. The van der Waals surface area contributed by atoms with E-state index in [4.69, 9.17) is 4.98 Å². The van der Waals surface area contributed by atoms with Crippen LogP contribution in [0.4, 0.5) is 0 Å². The van der Waals surface area contributed by atoms with Crippen LogP contribution < -0.4 is 5.32 Å². The Kier molecular flexibility index (Phi) is 4.40. The van der Waals surface area contributed by atoms with E-state index >= 15 is 0 Å². The Bertz CT molecular complexity index is 534. The predicted octanol–water partition coefficient (Wildman–Crippen LogP) is 2.39. The number of nitrogens with zero attached hydrogens (tertiary/aromatic N) is 3. The monoisotopic (exact) mass is 288 g/mol. The molecule has 1 fully saturated rings. The lowest BCUT2D eigenvalue weighted by molar-refractivity contribution is 0.208. The number of rotatable bonds is 5. The molecule has 0 amide bonds. The van der Waals surface area contributed by atoms with Crippen LogP contribution in [0, 0.1) is 0 Å². The van der Waals surface area contributed by atoms with Gasteiger partial charge in [0.25, 0.3) is 0 Å². The van der Waals surface area contributed by atoms with Crippen LogP contribution in [0.25, 0.3) is 10.7 Å². The Balaban J connectivity index is 1.70. The highest BCUT2D eigenvalue weighted by molar-refractivity contribution is 7.13. The summed E-state index contributed by atoms with van der Waals surface area (Å²) in [6.07, 6.45) is 3.06. The molecule has 20 heavy (non-hydrogen) atoms. The molecule has 1 saturated heterocycles. The molecule has 0 aliphatic carbocycles. The van der Waals surface area contributed by atoms with E-state index in [1.807, 2.05) is 24.4 Å². The zero-order valence-corrected chi connectivity index (χ0v) is 12.6. The summed E-state index contributed by atoms with van der Waals surface area (Å²) in [6.45, 7) is 6.47. The van der Waals surface area contributed by atoms with Gasteiger partial charge in [-0.1, -0.05) is 13.0 Å². The second kappa shape index (κ2) is 6.43. The second-order valence-corrected chi connectivity index (χ2v) is 5.93. The van der Waals surface area contributed by atoms with E-state index in [1.54, 1.807) is 11.3 Å². The van der Waals surface area contributed by atoms with Crippen molar-refractivity contribution in [3.05, 3.63) is 35.5 Å². The van der Waals surface area contributed by atoms with Crippen LogP contribution in [0.3, 0.4) is 0 Å². The van der Waals surface area contributed by atoms with E-state index < -0.39 is 0 Å². The topological polar surface area (TPSA) is 41.1 Å². The molecule has 5 heteroatoms. The van der Waals surface area contributed by atoms with E-state index in [2.05, 4.69) is 27.5 Å². The van der Waals surface area contributed by atoms with E-state index in [0.29, 0.717) is 6.04 Å². The van der Waals surface area contributed by atoms with Crippen molar-refractivity contribution in [2.45, 2.75) is 25.9 Å². The number of thiazole rings is 1. The van der Waals surface area contributed by atoms with Crippen LogP contribution in [0.1, 0.15) is 19.0 Å². The fourth-order valence-corrected chi connectivity index (χ4v) is 3.43. The van der Waals surface area contributed by atoms with Gasteiger partial charge in [0.2, 0.25) is 0 Å². The Morgan fingerprint density at radius 2 is 2.40 bits per heavy atom. The first kappa shape index (κ1) is 13.7. The lowest BCUT2D eigenvalue weighted by Crippen LogP contribution is -2.36. The summed E-state index contributed by atoms with van der Waals surface area (Å²) < 4.78 is 0. The molecule has 0 saturated carbocycles. The van der Waals surface area contributed by atoms with Gasteiger partial charge in [-0.15, -0.1) is 11.3 Å². The van der Waals surface area contributed by atoms with Crippen LogP contribution in [0.15, 0.2) is 29.8 Å². The highest BCUT2D eigenvalue weighted by Crippen LogP contribution is 2.22. The van der Waals surface area contributed by atoms with E-state index in [0.717, 1.165) is 42.6 Å². The summed E-state index contributed by atoms with van der Waals surface area (Å²) in [5, 5.41) is 6.61. The van der Waals surface area contributed by atoms with Gasteiger partial charge in [-0.3, -0.25) is 9.88 Å². The Hall–Kier alpha value is -1.30. The fraction of sp³-hybridized carbons (Fsp3) is 0.467. The van der Waals surface area contributed by atoms with Crippen molar-refractivity contribution in [2.75, 3.05) is 19.6 Å². The lowest BCUT2D eigenvalue weighted by atomic mass is 10.2. The normalized spacial score (nSPS) is 18.8. The van der Waals surface area contributed by atoms with Gasteiger partial charge in [-0.2, -0.15) is 0 Å². The Morgan fingerprint density at radius 3 is 3.10 bits per heavy atom. The predicted molar refractivity (Wildman–Crippen MR) is 82.7 cm³/mol. The van der Waals surface area contributed by atoms with Crippen LogP contribution in [-0.2, 0) is 6.54 Å². The van der Waals surface area contributed by atoms with E-state index in [-0.39, 0.29) is 0 Å². The first-order chi connectivity index (χ1) is 9.86. The van der Waals surface area contributed by atoms with Crippen molar-refractivity contribution >= 4 is 11.3 Å². The van der Waals surface area contributed by atoms with Gasteiger partial charge in [0.1, 0.15) is 5.01 Å². The number of hydrogen-bond donors (Lipinski definition) is 1. The number of hydrogen-bond acceptors (Lipinski definition) is 5. The lowest BCUT2D eigenvalue weighted by Gasteiger charge is -2.25. The molecule has 0 bridgehead atoms. The molecule has 0 spiro atoms. The molecular weight excluding hydrogens is 268 g/mol. The third kappa shape index (κ3) is 3.06. The number of likely N-dealkylation sites (N-methyl/N-ethyl adjacent to an activating group) is 1. The minimum absolute atomic E-state index is 0.653. The summed E-state index contributed by atoms with van der Waals surface area (Å²) in [7, 11) is 0. The average Bonchev–Trinajstić information content (AvgIpc) is 3.17. The maximum atomic E-state index is 4.73. The smallest absolute Gasteiger partial charge is 0.142 e. The zero-order valence-electron chi connectivity index (χ0n) is 11.7. The van der Waals surface area contributed by atoms with Crippen molar-refractivity contribution in [1.82, 2.24) is 20.2 Å². The van der Waals surface area contributed by atoms with Crippen molar-refractivity contribution < 1.29 is 0 Å². The molecule has 2 aromatic heterocycles. The minimum atomic E-state index is 0.653. The molecule has 2 aromatic rings. The molecule has 3 heterocycles. The average molecular weight is 288 g/mol. The van der Waals surface area contributed by atoms with Crippen LogP contribution in [0.2, 0.25) is 0 Å². The molecule has 0 radical (unpaired) electrons. The quantitative estimate of drug-likeness (QED) is 0.917. The van der Waals surface area contributed by atoms with Gasteiger partial charge in [-0.05, 0) is 31.6 Å². The first-order valence-corrected chi connectivity index (χ1v) is 8.05. The van der Waals surface area contributed by atoms with Crippen LogP contribution >= 0.6 is 11.3 Å². The molecule has 1 aliphatic heterocycles. The Morgan fingerprint density at radius 1 is 1.45 bits per heavy atom. The third-order valence-electron chi connectivity index (χ3n) is 3.76. The summed E-state index contributed by atoms with van der Waals surface area (Å²) in [5.41, 5.74) is 2.12. The number of nitrogens with one attached hydrogen (secondary N) is 1. The second-order valence-electron chi connectivity index (χ2n) is 5.07. The molecule has 1 aliphatic rings. The number of pyridine rings is 1. The van der Waals surface area contributed by atoms with Gasteiger partial charge in [0.05, 0.1) is 11.4 Å². The first-order valence-electron chi connectivity index (χ1n) is 7.17. The Labute approximate surface area is 123 Å². The maximum absolute atomic E-state index is 4.73. The molecule has 106 valence electrons. The van der Waals surface area contributed by atoms with Crippen molar-refractivity contribution in [2.24, 2.45) is 0 Å². The molecular formula is C15H20N4S. The zero-order chi connectivity index (χ0) is 13.8. The van der Waals surface area contributed by atoms with Crippen LogP contribution in [0.5, 0.6) is 0 Å². The van der Waals surface area contributed by atoms with Gasteiger partial charge in [-0.25, -0.2) is 4.98 Å². The molecule has 0 aromatic carbocycles. The molecule has 1 atom stereocenters. The third-order valence-corrected chi connectivity index (χ3v) is 4.67. The van der Waals surface area contributed by atoms with E-state index in [1.165, 1.54) is 6.42 Å². The minimum Gasteiger partial charge on any atom is -0.315 e. The van der Waals surface area contributed by atoms with Crippen molar-refractivity contribution in [3.8, 4) is 10.7 Å². The van der Waals surface area contributed by atoms with Crippen molar-refractivity contribution in [1.29, 1.82) is 0 Å². The maximum Gasteiger partial charge on any atom is 0.142 e. The van der Waals surface area contributed by atoms with Gasteiger partial charge in [0, 0.05) is 30.7 Å². The number of aromatic nitrogens is 2. The standard InChI is InChI=1S/C15H20N4S/c1-2-19(13-6-8-16-9-13)10-12-11-20-15(18-12)14-5-3-4-7-17-14/h3-5,7,11,13,16H,2,6,8-10H2,1H3. The molecule has 3 rings (SSSR count). The van der Waals surface area contributed by atoms with Gasteiger partial charge < -0.3 is 5.32 Å². The van der Waals surface area contributed by atoms with Gasteiger partial charge in [0.15, 0.2) is 0 Å². The summed E-state index contributed by atoms with van der Waals surface area (Å²) in [4.78, 5) is 11.6.